The van der Waals surface area contributed by atoms with Crippen LogP contribution in [0.1, 0.15) is 5.56 Å². The van der Waals surface area contributed by atoms with Crippen LogP contribution in [-0.4, -0.2) is 24.8 Å². The van der Waals surface area contributed by atoms with Crippen molar-refractivity contribution in [2.24, 2.45) is 0 Å². The van der Waals surface area contributed by atoms with Crippen molar-refractivity contribution < 1.29 is 30.7 Å². The third kappa shape index (κ3) is 6.44. The van der Waals surface area contributed by atoms with E-state index in [0.29, 0.717) is 36.8 Å². The summed E-state index contributed by atoms with van der Waals surface area (Å²) < 4.78 is 17.1. The summed E-state index contributed by atoms with van der Waals surface area (Å²) in [5, 5.41) is 5.66. The average molecular weight is 610 g/mol. The quantitative estimate of drug-likeness (QED) is 0.379. The van der Waals surface area contributed by atoms with E-state index in [2.05, 4.69) is 13.5 Å². The largest absolute Gasteiger partial charge is 0.0163 e. The second-order valence-electron chi connectivity index (χ2n) is 7.59. The number of halogens is 3. The van der Waals surface area contributed by atoms with Crippen LogP contribution in [-0.2, 0) is 13.1 Å². The molecule has 0 aliphatic carbocycles. The zero-order chi connectivity index (χ0) is 23.9. The number of pyridine rings is 1. The molecular formula is C26H24Cl2IN2O3-. The summed E-state index contributed by atoms with van der Waals surface area (Å²) in [6.45, 7) is 1.84. The fraction of sp³-hybridized carbons (Fsp3) is 0.192. The van der Waals surface area contributed by atoms with Crippen LogP contribution in [0.15, 0.2) is 84.2 Å². The van der Waals surface area contributed by atoms with Crippen molar-refractivity contribution in [2.75, 3.05) is 20.3 Å². The van der Waals surface area contributed by atoms with Crippen LogP contribution in [0.5, 0.6) is 11.5 Å². The van der Waals surface area contributed by atoms with Crippen molar-refractivity contribution in [1.82, 2.24) is 9.88 Å². The van der Waals surface area contributed by atoms with E-state index in [-0.39, 0.29) is 26.8 Å². The summed E-state index contributed by atoms with van der Waals surface area (Å²) in [4.78, 5) is 13.4. The Morgan fingerprint density at radius 1 is 1.03 bits per heavy atom. The number of ether oxygens (including phenoxy) is 2. The van der Waals surface area contributed by atoms with Crippen LogP contribution in [0, 0.1) is 0 Å². The number of nitrogens with zero attached hydrogens (tertiary/aromatic N) is 1. The van der Waals surface area contributed by atoms with Crippen molar-refractivity contribution in [2.45, 2.75) is 13.1 Å². The van der Waals surface area contributed by atoms with Gasteiger partial charge in [-0.1, -0.05) is 0 Å². The third-order valence-corrected chi connectivity index (χ3v) is 7.65. The van der Waals surface area contributed by atoms with Crippen molar-refractivity contribution >= 4 is 34.1 Å². The number of benzene rings is 2. The van der Waals surface area contributed by atoms with E-state index in [9.17, 15) is 4.79 Å². The van der Waals surface area contributed by atoms with Crippen LogP contribution in [0.4, 0.5) is 0 Å². The number of allylic oxidation sites excluding steroid dienone is 2. The summed E-state index contributed by atoms with van der Waals surface area (Å²) in [5.41, 5.74) is 2.56. The van der Waals surface area contributed by atoms with Gasteiger partial charge in [0.1, 0.15) is 5.75 Å². The van der Waals surface area contributed by atoms with Crippen LogP contribution in [0.2, 0.25) is 5.02 Å². The molecule has 0 saturated heterocycles. The average Bonchev–Trinajstić information content (AvgIpc) is 3.05. The Labute approximate surface area is 218 Å². The van der Waals surface area contributed by atoms with Gasteiger partial charge in [-0.25, -0.2) is 0 Å². The molecule has 0 amide bonds. The normalized spacial score (nSPS) is 13.6. The third-order valence-electron chi connectivity index (χ3n) is 5.24. The fourth-order valence-corrected chi connectivity index (χ4v) is 5.83. The molecule has 1 aromatic heterocycles. The molecule has 178 valence electrons. The van der Waals surface area contributed by atoms with Gasteiger partial charge in [0, 0.05) is 0 Å². The molecule has 0 radical (unpaired) electrons. The van der Waals surface area contributed by atoms with E-state index in [1.807, 2.05) is 60.7 Å². The maximum Gasteiger partial charge on any atom is -0.0163 e. The van der Waals surface area contributed by atoms with E-state index in [0.717, 1.165) is 33.0 Å². The molecule has 0 saturated carbocycles. The summed E-state index contributed by atoms with van der Waals surface area (Å²) in [6.07, 6.45) is 3.91. The minimum absolute atomic E-state index is 0.0573. The fourth-order valence-electron chi connectivity index (χ4n) is 3.58. The first kappa shape index (κ1) is 24.9. The van der Waals surface area contributed by atoms with Gasteiger partial charge in [-0.05, 0) is 24.3 Å². The topological polar surface area (TPSA) is 52.5 Å². The van der Waals surface area contributed by atoms with Crippen molar-refractivity contribution in [3.8, 4) is 11.5 Å². The van der Waals surface area contributed by atoms with Gasteiger partial charge in [-0.3, -0.25) is 0 Å². The predicted octanol–water partition coefficient (Wildman–Crippen LogP) is 2.46. The zero-order valence-corrected chi connectivity index (χ0v) is 22.2. The van der Waals surface area contributed by atoms with E-state index < -0.39 is 0 Å². The second-order valence-corrected chi connectivity index (χ2v) is 10.5. The molecule has 1 N–H and O–H groups in total. The maximum absolute atomic E-state index is 13.4. The summed E-state index contributed by atoms with van der Waals surface area (Å²) in [6, 6.07) is 14.9. The minimum atomic E-state index is -0.140. The number of hydrogen-bond donors (Lipinski definition) is 1. The SMILES string of the molecule is COc1ccc(OCCn2c(=O)c(CNCC3=C[I-]C=CC(Cl)=C3)cc3ccc(Cl)cc32)cc1. The molecule has 2 aromatic carbocycles. The Balaban J connectivity index is 1.50. The number of aromatic nitrogens is 1. The first-order valence-corrected chi connectivity index (χ1v) is 13.9. The maximum atomic E-state index is 13.4. The van der Waals surface area contributed by atoms with Crippen molar-refractivity contribution in [3.05, 3.63) is 100 Å². The summed E-state index contributed by atoms with van der Waals surface area (Å²) >= 11 is 12.3. The molecule has 1 aliphatic rings. The Morgan fingerprint density at radius 3 is 2.62 bits per heavy atom. The van der Waals surface area contributed by atoms with Gasteiger partial charge in [0.25, 0.3) is 0 Å². The van der Waals surface area contributed by atoms with E-state index in [4.69, 9.17) is 32.7 Å². The van der Waals surface area contributed by atoms with E-state index in [1.165, 1.54) is 0 Å². The van der Waals surface area contributed by atoms with Gasteiger partial charge in [0.05, 0.1) is 7.11 Å². The van der Waals surface area contributed by atoms with E-state index in [1.54, 1.807) is 11.7 Å². The predicted molar refractivity (Wildman–Crippen MR) is 135 cm³/mol. The van der Waals surface area contributed by atoms with Crippen LogP contribution in [0.25, 0.3) is 10.9 Å². The molecule has 0 spiro atoms. The number of rotatable bonds is 9. The Bertz CT molecular complexity index is 1310. The molecule has 0 unspecified atom stereocenters. The molecule has 0 bridgehead atoms. The standard InChI is InChI=1S/C26H24Cl2IN2O3/c1-33-23-4-6-24(7-5-23)34-11-10-31-25-14-21(27)3-2-19(25)13-20(26(31)32)17-30-16-18-12-22(28)8-9-29-15-18/h2-9,12-15,30H,10-11,16-17H2,1H3/q-1. The molecule has 1 aliphatic heterocycles. The first-order valence-electron chi connectivity index (χ1n) is 10.7. The molecule has 5 nitrogen and oxygen atoms in total. The molecule has 0 fully saturated rings. The van der Waals surface area contributed by atoms with Gasteiger partial charge in [-0.15, -0.1) is 0 Å². The number of methoxy groups -OCH3 is 1. The second kappa shape index (κ2) is 11.9. The Hall–Kier alpha value is -2.26. The van der Waals surface area contributed by atoms with Crippen molar-refractivity contribution in [3.63, 3.8) is 0 Å². The first-order chi connectivity index (χ1) is 16.5. The van der Waals surface area contributed by atoms with Gasteiger partial charge >= 0.3 is 178 Å². The Morgan fingerprint density at radius 2 is 1.82 bits per heavy atom. The van der Waals surface area contributed by atoms with E-state index >= 15 is 0 Å². The van der Waals surface area contributed by atoms with Crippen LogP contribution < -0.4 is 41.6 Å². The Kier molecular flexibility index (Phi) is 8.72. The number of nitrogens with one attached hydrogen (secondary N) is 1. The molecule has 4 rings (SSSR count). The smallest absolute Gasteiger partial charge is 0.0163 e. The monoisotopic (exact) mass is 609 g/mol. The number of hydrogen-bond acceptors (Lipinski definition) is 4. The van der Waals surface area contributed by atoms with Gasteiger partial charge in [0.15, 0.2) is 0 Å². The van der Waals surface area contributed by atoms with Gasteiger partial charge in [-0.2, -0.15) is 0 Å². The molecule has 3 aromatic rings. The molecule has 2 heterocycles. The summed E-state index contributed by atoms with van der Waals surface area (Å²) in [5.74, 6) is 1.48. The zero-order valence-electron chi connectivity index (χ0n) is 18.6. The molecule has 0 atom stereocenters. The summed E-state index contributed by atoms with van der Waals surface area (Å²) in [7, 11) is 1.62. The molecule has 34 heavy (non-hydrogen) atoms. The molecular weight excluding hydrogens is 586 g/mol. The van der Waals surface area contributed by atoms with Crippen LogP contribution in [0.3, 0.4) is 0 Å². The van der Waals surface area contributed by atoms with Gasteiger partial charge < -0.3 is 4.74 Å². The van der Waals surface area contributed by atoms with Crippen LogP contribution >= 0.6 is 23.2 Å². The molecule has 8 heteroatoms. The van der Waals surface area contributed by atoms with Gasteiger partial charge in [0.2, 0.25) is 0 Å². The van der Waals surface area contributed by atoms with Crippen molar-refractivity contribution in [1.29, 1.82) is 0 Å². The number of fused-ring (bicyclic) bond motifs is 1. The minimum Gasteiger partial charge on any atom is -0.0163 e.